The molecule has 0 aliphatic rings. The van der Waals surface area contributed by atoms with E-state index in [2.05, 4.69) is 10.3 Å². The number of carbonyl (C=O) groups is 1. The summed E-state index contributed by atoms with van der Waals surface area (Å²) in [6.07, 6.45) is 1.20. The Hall–Kier alpha value is -2.57. The molecular weight excluding hydrogens is 261 g/mol. The highest BCUT2D eigenvalue weighted by atomic mass is 19.2. The van der Waals surface area contributed by atoms with Gasteiger partial charge >= 0.3 is 5.97 Å². The molecule has 0 unspecified atom stereocenters. The number of benzene rings is 1. The number of aromatic carboxylic acids is 1. The molecule has 0 atom stereocenters. The Kier molecular flexibility index (Phi) is 3.37. The van der Waals surface area contributed by atoms with E-state index < -0.39 is 23.4 Å². The number of anilines is 2. The van der Waals surface area contributed by atoms with Crippen molar-refractivity contribution < 1.29 is 23.1 Å². The molecule has 0 aliphatic heterocycles. The summed E-state index contributed by atoms with van der Waals surface area (Å²) in [6, 6.07) is 3.55. The van der Waals surface area contributed by atoms with Crippen LogP contribution >= 0.6 is 0 Å². The maximum absolute atomic E-state index is 13.4. The molecule has 0 amide bonds. The minimum Gasteiger partial charge on any atom is -0.477 e. The lowest BCUT2D eigenvalue weighted by atomic mass is 10.2. The van der Waals surface area contributed by atoms with Gasteiger partial charge in [0.2, 0.25) is 0 Å². The molecule has 1 heterocycles. The summed E-state index contributed by atoms with van der Waals surface area (Å²) in [4.78, 5) is 14.3. The number of nitrogens with zero attached hydrogens (tertiary/aromatic N) is 1. The van der Waals surface area contributed by atoms with Gasteiger partial charge in [0.05, 0.1) is 5.69 Å². The van der Waals surface area contributed by atoms with Crippen molar-refractivity contribution in [1.82, 2.24) is 4.98 Å². The highest BCUT2D eigenvalue weighted by molar-refractivity contribution is 5.86. The van der Waals surface area contributed by atoms with Gasteiger partial charge in [-0.1, -0.05) is 0 Å². The summed E-state index contributed by atoms with van der Waals surface area (Å²) in [5.74, 6) is -4.76. The van der Waals surface area contributed by atoms with Gasteiger partial charge in [-0.2, -0.15) is 0 Å². The van der Waals surface area contributed by atoms with Crippen molar-refractivity contribution in [2.24, 2.45) is 0 Å². The maximum atomic E-state index is 13.4. The molecule has 0 bridgehead atoms. The lowest BCUT2D eigenvalue weighted by Crippen LogP contribution is -2.02. The molecule has 2 aromatic rings. The molecule has 0 saturated carbocycles. The van der Waals surface area contributed by atoms with Gasteiger partial charge < -0.3 is 10.4 Å². The molecule has 0 radical (unpaired) electrons. The van der Waals surface area contributed by atoms with Crippen molar-refractivity contribution >= 4 is 17.3 Å². The van der Waals surface area contributed by atoms with Crippen molar-refractivity contribution in [3.8, 4) is 0 Å². The number of halogens is 3. The maximum Gasteiger partial charge on any atom is 0.354 e. The fourth-order valence-electron chi connectivity index (χ4n) is 1.40. The third kappa shape index (κ3) is 2.82. The number of nitrogens with one attached hydrogen (secondary N) is 1. The van der Waals surface area contributed by atoms with Gasteiger partial charge in [-0.3, -0.25) is 0 Å². The van der Waals surface area contributed by atoms with E-state index in [9.17, 15) is 18.0 Å². The molecule has 19 heavy (non-hydrogen) atoms. The molecule has 2 N–H and O–H groups in total. The number of carboxylic acid groups (broad SMARTS) is 1. The Bertz CT molecular complexity index is 647. The standard InChI is InChI=1S/C12H7F3N2O2/c13-7-4-9(15)10(5-8(7)14)17-6-1-2-16-11(3-6)12(18)19/h1-5H,(H,16,17)(H,18,19). The van der Waals surface area contributed by atoms with E-state index >= 15 is 0 Å². The molecule has 1 aromatic carbocycles. The van der Waals surface area contributed by atoms with Gasteiger partial charge in [-0.25, -0.2) is 22.9 Å². The monoisotopic (exact) mass is 268 g/mol. The van der Waals surface area contributed by atoms with Gasteiger partial charge in [0.15, 0.2) is 11.6 Å². The van der Waals surface area contributed by atoms with Crippen LogP contribution in [0.3, 0.4) is 0 Å². The summed E-state index contributed by atoms with van der Waals surface area (Å²) in [6.45, 7) is 0. The fraction of sp³-hybridized carbons (Fsp3) is 0. The molecule has 0 saturated heterocycles. The van der Waals surface area contributed by atoms with Crippen molar-refractivity contribution in [2.45, 2.75) is 0 Å². The number of pyridine rings is 1. The molecule has 0 spiro atoms. The van der Waals surface area contributed by atoms with E-state index in [0.29, 0.717) is 12.1 Å². The van der Waals surface area contributed by atoms with E-state index in [4.69, 9.17) is 5.11 Å². The van der Waals surface area contributed by atoms with Gasteiger partial charge in [0, 0.05) is 24.0 Å². The molecule has 7 heteroatoms. The summed E-state index contributed by atoms with van der Waals surface area (Å²) in [7, 11) is 0. The summed E-state index contributed by atoms with van der Waals surface area (Å²) < 4.78 is 39.1. The van der Waals surface area contributed by atoms with Crippen LogP contribution in [-0.2, 0) is 0 Å². The van der Waals surface area contributed by atoms with E-state index in [-0.39, 0.29) is 17.1 Å². The Morgan fingerprint density at radius 1 is 1.11 bits per heavy atom. The van der Waals surface area contributed by atoms with Crippen LogP contribution in [-0.4, -0.2) is 16.1 Å². The van der Waals surface area contributed by atoms with Gasteiger partial charge in [0.25, 0.3) is 0 Å². The van der Waals surface area contributed by atoms with Crippen LogP contribution in [0.4, 0.5) is 24.5 Å². The smallest absolute Gasteiger partial charge is 0.354 e. The van der Waals surface area contributed by atoms with Crippen LogP contribution < -0.4 is 5.32 Å². The van der Waals surface area contributed by atoms with Crippen molar-refractivity contribution in [2.75, 3.05) is 5.32 Å². The average molecular weight is 268 g/mol. The fourth-order valence-corrected chi connectivity index (χ4v) is 1.40. The summed E-state index contributed by atoms with van der Waals surface area (Å²) in [5.41, 5.74) is -0.369. The lowest BCUT2D eigenvalue weighted by Gasteiger charge is -2.08. The van der Waals surface area contributed by atoms with Gasteiger partial charge in [-0.15, -0.1) is 0 Å². The Morgan fingerprint density at radius 2 is 1.79 bits per heavy atom. The van der Waals surface area contributed by atoms with E-state index in [1.807, 2.05) is 0 Å². The van der Waals surface area contributed by atoms with E-state index in [1.54, 1.807) is 0 Å². The first-order chi connectivity index (χ1) is 8.97. The first-order valence-corrected chi connectivity index (χ1v) is 5.08. The zero-order chi connectivity index (χ0) is 14.0. The number of rotatable bonds is 3. The third-order valence-corrected chi connectivity index (χ3v) is 2.27. The van der Waals surface area contributed by atoms with Crippen LogP contribution in [0.15, 0.2) is 30.5 Å². The first-order valence-electron chi connectivity index (χ1n) is 5.08. The number of aromatic nitrogens is 1. The Morgan fingerprint density at radius 3 is 2.47 bits per heavy atom. The summed E-state index contributed by atoms with van der Waals surface area (Å²) >= 11 is 0. The van der Waals surface area contributed by atoms with Crippen LogP contribution in [0.1, 0.15) is 10.5 Å². The average Bonchev–Trinajstić information content (AvgIpc) is 2.36. The zero-order valence-corrected chi connectivity index (χ0v) is 9.32. The van der Waals surface area contributed by atoms with Crippen molar-refractivity contribution in [3.63, 3.8) is 0 Å². The number of carboxylic acids is 1. The summed E-state index contributed by atoms with van der Waals surface area (Å²) in [5, 5.41) is 11.2. The molecule has 4 nitrogen and oxygen atoms in total. The Balaban J connectivity index is 2.33. The van der Waals surface area contributed by atoms with Crippen LogP contribution in [0.2, 0.25) is 0 Å². The predicted octanol–water partition coefficient (Wildman–Crippen LogP) is 2.94. The largest absolute Gasteiger partial charge is 0.477 e. The normalized spacial score (nSPS) is 10.3. The van der Waals surface area contributed by atoms with Crippen LogP contribution in [0.5, 0.6) is 0 Å². The highest BCUT2D eigenvalue weighted by Crippen LogP contribution is 2.22. The third-order valence-electron chi connectivity index (χ3n) is 2.27. The van der Waals surface area contributed by atoms with Crippen LogP contribution in [0, 0.1) is 17.5 Å². The SMILES string of the molecule is O=C(O)c1cc(Nc2cc(F)c(F)cc2F)ccn1. The quantitative estimate of drug-likeness (QED) is 0.840. The van der Waals surface area contributed by atoms with Gasteiger partial charge in [-0.05, 0) is 12.1 Å². The Labute approximate surface area is 105 Å². The highest BCUT2D eigenvalue weighted by Gasteiger charge is 2.11. The lowest BCUT2D eigenvalue weighted by molar-refractivity contribution is 0.0690. The molecule has 0 aliphatic carbocycles. The number of hydrogen-bond donors (Lipinski definition) is 2. The second kappa shape index (κ2) is 4.97. The van der Waals surface area contributed by atoms with Crippen LogP contribution in [0.25, 0.3) is 0 Å². The second-order valence-electron chi connectivity index (χ2n) is 3.61. The van der Waals surface area contributed by atoms with Crippen molar-refractivity contribution in [1.29, 1.82) is 0 Å². The zero-order valence-electron chi connectivity index (χ0n) is 9.32. The molecule has 98 valence electrons. The van der Waals surface area contributed by atoms with Crippen molar-refractivity contribution in [3.05, 3.63) is 53.6 Å². The van der Waals surface area contributed by atoms with E-state index in [0.717, 1.165) is 6.07 Å². The second-order valence-corrected chi connectivity index (χ2v) is 3.61. The number of hydrogen-bond acceptors (Lipinski definition) is 3. The first kappa shape index (κ1) is 12.9. The minimum absolute atomic E-state index is 0.192. The van der Waals surface area contributed by atoms with Gasteiger partial charge in [0.1, 0.15) is 11.5 Å². The topological polar surface area (TPSA) is 62.2 Å². The molecule has 0 fully saturated rings. The minimum atomic E-state index is -1.30. The molecular formula is C12H7F3N2O2. The molecule has 1 aromatic heterocycles. The van der Waals surface area contributed by atoms with E-state index in [1.165, 1.54) is 12.3 Å². The predicted molar refractivity (Wildman–Crippen MR) is 60.8 cm³/mol. The molecule has 2 rings (SSSR count).